The number of hydrogen-bond acceptors (Lipinski definition) is 4. The van der Waals surface area contributed by atoms with Crippen LogP contribution >= 0.6 is 0 Å². The van der Waals surface area contributed by atoms with Crippen molar-refractivity contribution >= 4 is 0 Å². The van der Waals surface area contributed by atoms with Gasteiger partial charge in [0, 0.05) is 6.42 Å². The lowest BCUT2D eigenvalue weighted by Crippen LogP contribution is -2.18. The molecule has 2 atom stereocenters. The molecular formula is C13H24N4O. The molecule has 0 aliphatic carbocycles. The molecule has 1 fully saturated rings. The second kappa shape index (κ2) is 6.29. The van der Waals surface area contributed by atoms with Crippen LogP contribution in [-0.4, -0.2) is 39.6 Å². The molecule has 18 heavy (non-hydrogen) atoms. The van der Waals surface area contributed by atoms with E-state index in [4.69, 9.17) is 0 Å². The van der Waals surface area contributed by atoms with Gasteiger partial charge in [-0.3, -0.25) is 0 Å². The van der Waals surface area contributed by atoms with Gasteiger partial charge in [0.15, 0.2) is 0 Å². The molecule has 2 unspecified atom stereocenters. The fourth-order valence-electron chi connectivity index (χ4n) is 2.76. The van der Waals surface area contributed by atoms with E-state index in [1.165, 1.54) is 19.3 Å². The summed E-state index contributed by atoms with van der Waals surface area (Å²) < 4.78 is 2.08. The third-order valence-corrected chi connectivity index (χ3v) is 3.81. The van der Waals surface area contributed by atoms with Gasteiger partial charge in [0.25, 0.3) is 0 Å². The minimum Gasteiger partial charge on any atom is -0.394 e. The van der Waals surface area contributed by atoms with Crippen molar-refractivity contribution in [3.8, 4) is 0 Å². The smallest absolute Gasteiger partial charge is 0.133 e. The van der Waals surface area contributed by atoms with E-state index in [0.29, 0.717) is 5.92 Å². The number of aliphatic hydroxyl groups is 1. The van der Waals surface area contributed by atoms with Crippen LogP contribution in [0.1, 0.15) is 43.9 Å². The minimum absolute atomic E-state index is 0.0684. The average molecular weight is 252 g/mol. The molecule has 2 N–H and O–H groups in total. The second-order valence-electron chi connectivity index (χ2n) is 5.32. The van der Waals surface area contributed by atoms with Crippen molar-refractivity contribution in [1.29, 1.82) is 0 Å². The maximum absolute atomic E-state index is 9.32. The van der Waals surface area contributed by atoms with Crippen LogP contribution in [0.3, 0.4) is 0 Å². The van der Waals surface area contributed by atoms with Gasteiger partial charge in [-0.2, -0.15) is 0 Å². The topological polar surface area (TPSA) is 63.0 Å². The van der Waals surface area contributed by atoms with Crippen molar-refractivity contribution in [3.63, 3.8) is 0 Å². The largest absolute Gasteiger partial charge is 0.394 e. The van der Waals surface area contributed by atoms with Crippen LogP contribution in [0.15, 0.2) is 0 Å². The highest BCUT2D eigenvalue weighted by molar-refractivity contribution is 4.98. The number of hydrogen-bond donors (Lipinski definition) is 2. The molecule has 0 saturated carbocycles. The Labute approximate surface area is 109 Å². The maximum atomic E-state index is 9.32. The molecular weight excluding hydrogens is 228 g/mol. The van der Waals surface area contributed by atoms with Gasteiger partial charge in [-0.15, -0.1) is 10.2 Å². The third-order valence-electron chi connectivity index (χ3n) is 3.81. The van der Waals surface area contributed by atoms with Crippen molar-refractivity contribution in [2.75, 3.05) is 19.7 Å². The quantitative estimate of drug-likeness (QED) is 0.841. The summed E-state index contributed by atoms with van der Waals surface area (Å²) in [5.74, 6) is 2.62. The van der Waals surface area contributed by atoms with E-state index in [1.54, 1.807) is 0 Å². The van der Waals surface area contributed by atoms with Gasteiger partial charge in [0.1, 0.15) is 11.6 Å². The first-order valence-electron chi connectivity index (χ1n) is 6.94. The SMILES string of the molecule is Cc1nnc(CC2CCCNCC2)n1C(C)CO. The van der Waals surface area contributed by atoms with E-state index in [-0.39, 0.29) is 12.6 Å². The van der Waals surface area contributed by atoms with Crippen LogP contribution in [-0.2, 0) is 6.42 Å². The van der Waals surface area contributed by atoms with Gasteiger partial charge in [-0.1, -0.05) is 0 Å². The van der Waals surface area contributed by atoms with Crippen molar-refractivity contribution in [2.24, 2.45) is 5.92 Å². The second-order valence-corrected chi connectivity index (χ2v) is 5.32. The summed E-state index contributed by atoms with van der Waals surface area (Å²) in [6.07, 6.45) is 4.69. The molecule has 0 spiro atoms. The lowest BCUT2D eigenvalue weighted by atomic mass is 9.96. The number of aromatic nitrogens is 3. The highest BCUT2D eigenvalue weighted by atomic mass is 16.3. The summed E-state index contributed by atoms with van der Waals surface area (Å²) in [7, 11) is 0. The molecule has 1 aliphatic rings. The normalized spacial score (nSPS) is 22.7. The van der Waals surface area contributed by atoms with Gasteiger partial charge in [0.05, 0.1) is 12.6 Å². The van der Waals surface area contributed by atoms with Crippen LogP contribution in [0.5, 0.6) is 0 Å². The van der Waals surface area contributed by atoms with Gasteiger partial charge >= 0.3 is 0 Å². The molecule has 102 valence electrons. The Kier molecular flexibility index (Phi) is 4.72. The lowest BCUT2D eigenvalue weighted by molar-refractivity contribution is 0.233. The van der Waals surface area contributed by atoms with Crippen molar-refractivity contribution in [2.45, 2.75) is 45.6 Å². The Hall–Kier alpha value is -0.940. The number of rotatable bonds is 4. The fraction of sp³-hybridized carbons (Fsp3) is 0.846. The monoisotopic (exact) mass is 252 g/mol. The molecule has 2 heterocycles. The Balaban J connectivity index is 2.08. The zero-order chi connectivity index (χ0) is 13.0. The van der Waals surface area contributed by atoms with E-state index >= 15 is 0 Å². The van der Waals surface area contributed by atoms with E-state index < -0.39 is 0 Å². The number of aliphatic hydroxyl groups excluding tert-OH is 1. The highest BCUT2D eigenvalue weighted by Crippen LogP contribution is 2.20. The van der Waals surface area contributed by atoms with Gasteiger partial charge in [-0.25, -0.2) is 0 Å². The Morgan fingerprint density at radius 3 is 3.00 bits per heavy atom. The molecule has 0 amide bonds. The van der Waals surface area contributed by atoms with Crippen LogP contribution in [0.2, 0.25) is 0 Å². The Morgan fingerprint density at radius 2 is 2.22 bits per heavy atom. The summed E-state index contributed by atoms with van der Waals surface area (Å²) in [4.78, 5) is 0. The van der Waals surface area contributed by atoms with Gasteiger partial charge < -0.3 is 15.0 Å². The molecule has 1 aliphatic heterocycles. The molecule has 5 nitrogen and oxygen atoms in total. The van der Waals surface area contributed by atoms with E-state index in [0.717, 1.165) is 31.2 Å². The van der Waals surface area contributed by atoms with E-state index in [2.05, 4.69) is 20.1 Å². The van der Waals surface area contributed by atoms with Gasteiger partial charge in [0.2, 0.25) is 0 Å². The van der Waals surface area contributed by atoms with E-state index in [9.17, 15) is 5.11 Å². The van der Waals surface area contributed by atoms with Crippen LogP contribution in [0.4, 0.5) is 0 Å². The summed E-state index contributed by atoms with van der Waals surface area (Å²) in [5.41, 5.74) is 0. The first-order valence-corrected chi connectivity index (χ1v) is 6.94. The van der Waals surface area contributed by atoms with Crippen LogP contribution in [0.25, 0.3) is 0 Å². The predicted molar refractivity (Wildman–Crippen MR) is 70.5 cm³/mol. The Morgan fingerprint density at radius 1 is 1.39 bits per heavy atom. The molecule has 5 heteroatoms. The first-order chi connectivity index (χ1) is 8.72. The van der Waals surface area contributed by atoms with Crippen LogP contribution in [0, 0.1) is 12.8 Å². The van der Waals surface area contributed by atoms with Gasteiger partial charge in [-0.05, 0) is 52.1 Å². The van der Waals surface area contributed by atoms with Crippen LogP contribution < -0.4 is 5.32 Å². The first kappa shape index (κ1) is 13.5. The summed E-state index contributed by atoms with van der Waals surface area (Å²) >= 11 is 0. The molecule has 0 aromatic carbocycles. The summed E-state index contributed by atoms with van der Waals surface area (Å²) in [6.45, 7) is 6.34. The standard InChI is InChI=1S/C13H24N4O/c1-10(9-18)17-11(2)15-16-13(17)8-12-4-3-6-14-7-5-12/h10,12,14,18H,3-9H2,1-2H3. The molecule has 0 bridgehead atoms. The highest BCUT2D eigenvalue weighted by Gasteiger charge is 2.19. The van der Waals surface area contributed by atoms with E-state index in [1.807, 2.05) is 13.8 Å². The van der Waals surface area contributed by atoms with Crippen molar-refractivity contribution in [1.82, 2.24) is 20.1 Å². The zero-order valence-electron chi connectivity index (χ0n) is 11.4. The maximum Gasteiger partial charge on any atom is 0.133 e. The minimum atomic E-state index is 0.0684. The van der Waals surface area contributed by atoms with Crippen molar-refractivity contribution in [3.05, 3.63) is 11.6 Å². The fourth-order valence-corrected chi connectivity index (χ4v) is 2.76. The molecule has 0 radical (unpaired) electrons. The number of aryl methyl sites for hydroxylation is 1. The Bertz CT molecular complexity index is 369. The number of nitrogens with one attached hydrogen (secondary N) is 1. The predicted octanol–water partition coefficient (Wildman–Crippen LogP) is 1.07. The summed E-state index contributed by atoms with van der Waals surface area (Å²) in [6, 6.07) is 0.0684. The number of nitrogens with zero attached hydrogens (tertiary/aromatic N) is 3. The molecule has 1 aromatic heterocycles. The zero-order valence-corrected chi connectivity index (χ0v) is 11.4. The summed E-state index contributed by atoms with van der Waals surface area (Å²) in [5, 5.41) is 21.2. The average Bonchev–Trinajstić information content (AvgIpc) is 2.58. The lowest BCUT2D eigenvalue weighted by Gasteiger charge is -2.18. The molecule has 1 saturated heterocycles. The third kappa shape index (κ3) is 3.09. The molecule has 1 aromatic rings. The molecule has 2 rings (SSSR count). The van der Waals surface area contributed by atoms with Crippen molar-refractivity contribution < 1.29 is 5.11 Å².